The van der Waals surface area contributed by atoms with E-state index in [0.717, 1.165) is 22.7 Å². The predicted molar refractivity (Wildman–Crippen MR) is 86.9 cm³/mol. The molecule has 0 atom stereocenters. The van der Waals surface area contributed by atoms with Crippen LogP contribution >= 0.6 is 11.4 Å². The van der Waals surface area contributed by atoms with Gasteiger partial charge in [0.2, 0.25) is 0 Å². The number of thiol groups is 1. The number of carboxylic acid groups (broad SMARTS) is 1. The molecule has 5 heteroatoms. The van der Waals surface area contributed by atoms with Crippen molar-refractivity contribution >= 4 is 28.5 Å². The topological polar surface area (TPSA) is 73.1 Å². The summed E-state index contributed by atoms with van der Waals surface area (Å²) in [6.07, 6.45) is 0. The van der Waals surface area contributed by atoms with Crippen LogP contribution in [0.1, 0.15) is 21.5 Å². The summed E-state index contributed by atoms with van der Waals surface area (Å²) >= 11 is 0.993. The lowest BCUT2D eigenvalue weighted by atomic mass is 10.2. The molecule has 0 aliphatic rings. The molecule has 0 heterocycles. The number of carbonyl (C=O) groups is 1. The van der Waals surface area contributed by atoms with Crippen LogP contribution in [0.4, 0.5) is 5.69 Å². The molecule has 0 aliphatic heterocycles. The number of carboxylic acids is 1. The number of hydrogen-bond acceptors (Lipinski definition) is 2. The largest absolute Gasteiger partial charge is 0.478 e. The second-order valence-corrected chi connectivity index (χ2v) is 5.22. The summed E-state index contributed by atoms with van der Waals surface area (Å²) in [5.74, 6) is -0.192. The van der Waals surface area contributed by atoms with Crippen molar-refractivity contribution < 1.29 is 9.90 Å². The van der Waals surface area contributed by atoms with Gasteiger partial charge in [-0.05, 0) is 29.8 Å². The molecule has 2 rings (SSSR count). The molecule has 0 aliphatic carbocycles. The standard InChI is InChI=1S/C16H14N2O2S/c17-9-12-4-3-5-13(8-12)10-21-11-18-15-7-2-1-6-14(15)16(19)20/h1-8,11,18,21H,10H2,(H,19,20). The molecule has 0 saturated carbocycles. The number of anilines is 1. The van der Waals surface area contributed by atoms with Crippen LogP contribution in [-0.2, 0) is 5.75 Å². The molecule has 0 spiro atoms. The zero-order valence-electron chi connectivity index (χ0n) is 11.2. The normalized spacial score (nSPS) is 10.6. The van der Waals surface area contributed by atoms with Gasteiger partial charge in [0.15, 0.2) is 0 Å². The highest BCUT2D eigenvalue weighted by Crippen LogP contribution is 2.14. The summed E-state index contributed by atoms with van der Waals surface area (Å²) in [5.41, 5.74) is 4.34. The van der Waals surface area contributed by atoms with Crippen LogP contribution in [0, 0.1) is 11.3 Å². The van der Waals surface area contributed by atoms with Crippen molar-refractivity contribution in [1.29, 1.82) is 5.26 Å². The fourth-order valence-corrected chi connectivity index (χ4v) is 2.53. The maximum atomic E-state index is 11.1. The highest BCUT2D eigenvalue weighted by molar-refractivity contribution is 7.96. The monoisotopic (exact) mass is 298 g/mol. The molecule has 0 unspecified atom stereocenters. The summed E-state index contributed by atoms with van der Waals surface area (Å²) in [4.78, 5) is 11.1. The van der Waals surface area contributed by atoms with Crippen LogP contribution in [0.5, 0.6) is 0 Å². The second kappa shape index (κ2) is 7.27. The van der Waals surface area contributed by atoms with Crippen LogP contribution < -0.4 is 5.32 Å². The lowest BCUT2D eigenvalue weighted by Crippen LogP contribution is -2.03. The quantitative estimate of drug-likeness (QED) is 0.586. The van der Waals surface area contributed by atoms with Gasteiger partial charge in [-0.3, -0.25) is 0 Å². The Labute approximate surface area is 126 Å². The first-order valence-corrected chi connectivity index (χ1v) is 7.42. The number of para-hydroxylation sites is 1. The molecule has 2 aromatic rings. The van der Waals surface area contributed by atoms with Crippen molar-refractivity contribution in [3.8, 4) is 6.07 Å². The lowest BCUT2D eigenvalue weighted by molar-refractivity contribution is 0.0698. The smallest absolute Gasteiger partial charge is 0.337 e. The predicted octanol–water partition coefficient (Wildman–Crippen LogP) is 3.09. The molecule has 0 fully saturated rings. The van der Waals surface area contributed by atoms with Crippen molar-refractivity contribution in [2.24, 2.45) is 0 Å². The van der Waals surface area contributed by atoms with Crippen molar-refractivity contribution in [3.05, 3.63) is 65.2 Å². The minimum absolute atomic E-state index is 0.246. The average molecular weight is 298 g/mol. The van der Waals surface area contributed by atoms with Crippen LogP contribution in [0.25, 0.3) is 0 Å². The lowest BCUT2D eigenvalue weighted by Gasteiger charge is -2.04. The number of hydrogen-bond donors (Lipinski definition) is 3. The van der Waals surface area contributed by atoms with E-state index in [0.29, 0.717) is 11.3 Å². The Bertz CT molecular complexity index is 720. The summed E-state index contributed by atoms with van der Waals surface area (Å²) in [7, 11) is 0. The van der Waals surface area contributed by atoms with Crippen LogP contribution in [0.2, 0.25) is 0 Å². The molecular weight excluding hydrogens is 284 g/mol. The average Bonchev–Trinajstić information content (AvgIpc) is 2.52. The van der Waals surface area contributed by atoms with Crippen molar-refractivity contribution in [2.45, 2.75) is 5.75 Å². The number of nitrogens with zero attached hydrogens (tertiary/aromatic N) is 1. The molecule has 0 amide bonds. The van der Waals surface area contributed by atoms with Gasteiger partial charge in [-0.15, -0.1) is 0 Å². The fraction of sp³-hybridized carbons (Fsp3) is 0.0625. The number of nitrogens with one attached hydrogen (secondary N) is 1. The Balaban J connectivity index is 2.00. The molecule has 106 valence electrons. The second-order valence-electron chi connectivity index (χ2n) is 4.28. The third-order valence-corrected chi connectivity index (χ3v) is 3.66. The molecule has 0 bridgehead atoms. The maximum absolute atomic E-state index is 11.1. The van der Waals surface area contributed by atoms with Gasteiger partial charge in [0, 0.05) is 11.2 Å². The van der Waals surface area contributed by atoms with E-state index in [-0.39, 0.29) is 5.56 Å². The van der Waals surface area contributed by atoms with Crippen LogP contribution in [0.3, 0.4) is 0 Å². The Morgan fingerprint density at radius 3 is 2.86 bits per heavy atom. The van der Waals surface area contributed by atoms with Gasteiger partial charge in [-0.1, -0.05) is 24.3 Å². The van der Waals surface area contributed by atoms with Gasteiger partial charge in [-0.25, -0.2) is 4.79 Å². The minimum atomic E-state index is -0.954. The van der Waals surface area contributed by atoms with E-state index < -0.39 is 5.97 Å². The molecule has 0 saturated heterocycles. The molecule has 21 heavy (non-hydrogen) atoms. The number of benzene rings is 2. The molecule has 4 nitrogen and oxygen atoms in total. The molecule has 0 aromatic heterocycles. The highest BCUT2D eigenvalue weighted by atomic mass is 32.1. The zero-order valence-corrected chi connectivity index (χ0v) is 12.0. The third kappa shape index (κ3) is 4.20. The van der Waals surface area contributed by atoms with Gasteiger partial charge >= 0.3 is 5.97 Å². The first-order valence-electron chi connectivity index (χ1n) is 6.27. The minimum Gasteiger partial charge on any atom is -0.478 e. The SMILES string of the molecule is N#Cc1cccc(C[SH]=CNc2ccccc2C(=O)O)c1. The first kappa shape index (κ1) is 14.8. The summed E-state index contributed by atoms with van der Waals surface area (Å²) in [5, 5.41) is 20.9. The van der Waals surface area contributed by atoms with Crippen molar-refractivity contribution in [3.63, 3.8) is 0 Å². The molecule has 0 radical (unpaired) electrons. The van der Waals surface area contributed by atoms with Gasteiger partial charge in [0.1, 0.15) is 0 Å². The van der Waals surface area contributed by atoms with E-state index >= 15 is 0 Å². The third-order valence-electron chi connectivity index (χ3n) is 2.80. The van der Waals surface area contributed by atoms with Crippen molar-refractivity contribution in [2.75, 3.05) is 5.32 Å². The summed E-state index contributed by atoms with van der Waals surface area (Å²) in [6.45, 7) is 0. The Kier molecular flexibility index (Phi) is 5.13. The number of aromatic carboxylic acids is 1. The van der Waals surface area contributed by atoms with E-state index in [4.69, 9.17) is 10.4 Å². The molecule has 2 N–H and O–H groups in total. The van der Waals surface area contributed by atoms with Crippen LogP contribution in [0.15, 0.2) is 48.5 Å². The van der Waals surface area contributed by atoms with Gasteiger partial charge in [0.05, 0.1) is 22.9 Å². The van der Waals surface area contributed by atoms with E-state index in [2.05, 4.69) is 11.4 Å². The first-order chi connectivity index (χ1) is 10.2. The van der Waals surface area contributed by atoms with Gasteiger partial charge < -0.3 is 10.4 Å². The Hall–Kier alpha value is -2.58. The van der Waals surface area contributed by atoms with Gasteiger partial charge in [-0.2, -0.15) is 16.6 Å². The Morgan fingerprint density at radius 2 is 2.10 bits per heavy atom. The molecular formula is C16H14N2O2S. The van der Waals surface area contributed by atoms with Crippen LogP contribution in [-0.4, -0.2) is 16.6 Å². The fourth-order valence-electron chi connectivity index (χ4n) is 1.80. The van der Waals surface area contributed by atoms with Gasteiger partial charge in [0.25, 0.3) is 0 Å². The maximum Gasteiger partial charge on any atom is 0.337 e. The summed E-state index contributed by atoms with van der Waals surface area (Å²) < 4.78 is 0. The van der Waals surface area contributed by atoms with E-state index in [1.165, 1.54) is 0 Å². The number of nitriles is 1. The van der Waals surface area contributed by atoms with Crippen molar-refractivity contribution in [1.82, 2.24) is 0 Å². The highest BCUT2D eigenvalue weighted by Gasteiger charge is 2.06. The Morgan fingerprint density at radius 1 is 1.29 bits per heavy atom. The zero-order chi connectivity index (χ0) is 15.1. The summed E-state index contributed by atoms with van der Waals surface area (Å²) in [6, 6.07) is 16.3. The molecule has 2 aromatic carbocycles. The van der Waals surface area contributed by atoms with E-state index in [1.54, 1.807) is 35.8 Å². The van der Waals surface area contributed by atoms with E-state index in [1.807, 2.05) is 18.2 Å². The van der Waals surface area contributed by atoms with E-state index in [9.17, 15) is 4.79 Å². The number of rotatable bonds is 5.